The van der Waals surface area contributed by atoms with Crippen LogP contribution < -0.4 is 4.74 Å². The van der Waals surface area contributed by atoms with Crippen molar-refractivity contribution in [3.05, 3.63) is 30.2 Å². The molecule has 1 aromatic carbocycles. The number of hydrogen-bond donors (Lipinski definition) is 0. The molecule has 26 heavy (non-hydrogen) atoms. The van der Waals surface area contributed by atoms with Crippen LogP contribution in [-0.4, -0.2) is 40.1 Å². The van der Waals surface area contributed by atoms with Gasteiger partial charge in [-0.2, -0.15) is 4.98 Å². The number of aromatic nitrogens is 2. The average molecular weight is 357 g/mol. The molecule has 140 valence electrons. The van der Waals surface area contributed by atoms with E-state index in [1.54, 1.807) is 0 Å². The number of unbranched alkanes of at least 4 members (excludes halogenated alkanes) is 1. The highest BCUT2D eigenvalue weighted by molar-refractivity contribution is 5.78. The van der Waals surface area contributed by atoms with E-state index < -0.39 is 0 Å². The maximum Gasteiger partial charge on any atom is 0.260 e. The Kier molecular flexibility index (Phi) is 6.26. The molecule has 0 saturated carbocycles. The van der Waals surface area contributed by atoms with Gasteiger partial charge in [-0.3, -0.25) is 4.79 Å². The summed E-state index contributed by atoms with van der Waals surface area (Å²) in [4.78, 5) is 18.7. The Balaban J connectivity index is 1.54. The third kappa shape index (κ3) is 4.62. The number of amides is 1. The van der Waals surface area contributed by atoms with Gasteiger partial charge in [0.15, 0.2) is 6.61 Å². The van der Waals surface area contributed by atoms with Crippen LogP contribution in [0.1, 0.15) is 51.8 Å². The molecule has 0 spiro atoms. The van der Waals surface area contributed by atoms with Crippen LogP contribution in [0.25, 0.3) is 11.4 Å². The number of nitrogens with zero attached hydrogens (tertiary/aromatic N) is 3. The van der Waals surface area contributed by atoms with Crippen LogP contribution in [0.5, 0.6) is 5.75 Å². The lowest BCUT2D eigenvalue weighted by Gasteiger charge is -2.33. The van der Waals surface area contributed by atoms with Gasteiger partial charge < -0.3 is 14.2 Å². The quantitative estimate of drug-likeness (QED) is 0.753. The number of benzene rings is 1. The maximum atomic E-state index is 12.3. The molecule has 1 aliphatic rings. The molecule has 1 aromatic heterocycles. The molecular weight excluding hydrogens is 330 g/mol. The van der Waals surface area contributed by atoms with Gasteiger partial charge in [0.1, 0.15) is 5.75 Å². The molecule has 3 rings (SSSR count). The number of rotatable bonds is 7. The van der Waals surface area contributed by atoms with E-state index in [0.29, 0.717) is 23.5 Å². The minimum absolute atomic E-state index is 0.0556. The highest BCUT2D eigenvalue weighted by Gasteiger charge is 2.23. The minimum Gasteiger partial charge on any atom is -0.484 e. The van der Waals surface area contributed by atoms with Gasteiger partial charge in [-0.25, -0.2) is 0 Å². The van der Waals surface area contributed by atoms with Crippen LogP contribution >= 0.6 is 0 Å². The largest absolute Gasteiger partial charge is 0.484 e. The van der Waals surface area contributed by atoms with E-state index >= 15 is 0 Å². The Bertz CT molecular complexity index is 711. The van der Waals surface area contributed by atoms with Crippen molar-refractivity contribution in [1.82, 2.24) is 15.0 Å². The van der Waals surface area contributed by atoms with Crippen molar-refractivity contribution in [1.29, 1.82) is 0 Å². The van der Waals surface area contributed by atoms with E-state index in [-0.39, 0.29) is 12.5 Å². The molecule has 2 heterocycles. The Morgan fingerprint density at radius 3 is 2.85 bits per heavy atom. The Morgan fingerprint density at radius 2 is 2.12 bits per heavy atom. The van der Waals surface area contributed by atoms with Crippen molar-refractivity contribution in [3.8, 4) is 17.1 Å². The number of carbonyl (C=O) groups is 1. The summed E-state index contributed by atoms with van der Waals surface area (Å²) in [6, 6.07) is 7.76. The first-order chi connectivity index (χ1) is 12.7. The van der Waals surface area contributed by atoms with Crippen LogP contribution in [0.3, 0.4) is 0 Å². The van der Waals surface area contributed by atoms with Crippen LogP contribution in [0, 0.1) is 0 Å². The molecule has 6 heteroatoms. The molecular formula is C20H27N3O3. The summed E-state index contributed by atoms with van der Waals surface area (Å²) < 4.78 is 10.9. The number of likely N-dealkylation sites (tertiary alicyclic amines) is 1. The summed E-state index contributed by atoms with van der Waals surface area (Å²) >= 11 is 0. The first kappa shape index (κ1) is 18.4. The lowest BCUT2D eigenvalue weighted by Crippen LogP contribution is -2.44. The second-order valence-electron chi connectivity index (χ2n) is 6.86. The monoisotopic (exact) mass is 357 g/mol. The molecule has 0 bridgehead atoms. The molecule has 1 fully saturated rings. The third-order valence-electron chi connectivity index (χ3n) is 4.81. The smallest absolute Gasteiger partial charge is 0.260 e. The average Bonchev–Trinajstić information content (AvgIpc) is 3.14. The van der Waals surface area contributed by atoms with Gasteiger partial charge in [0.25, 0.3) is 5.91 Å². The highest BCUT2D eigenvalue weighted by atomic mass is 16.5. The fraction of sp³-hybridized carbons (Fsp3) is 0.550. The second kappa shape index (κ2) is 8.83. The van der Waals surface area contributed by atoms with Crippen LogP contribution in [0.4, 0.5) is 0 Å². The van der Waals surface area contributed by atoms with Crippen molar-refractivity contribution in [3.63, 3.8) is 0 Å². The Hall–Kier alpha value is -2.37. The van der Waals surface area contributed by atoms with Crippen molar-refractivity contribution in [2.24, 2.45) is 0 Å². The molecule has 0 N–H and O–H groups in total. The van der Waals surface area contributed by atoms with Crippen molar-refractivity contribution in [2.45, 2.75) is 58.4 Å². The third-order valence-corrected chi connectivity index (χ3v) is 4.81. The standard InChI is InChI=1S/C20H27N3O3/c1-3-4-8-18-21-20(22-26-18)16-9-11-17(12-10-16)25-14-19(24)23-13-6-5-7-15(23)2/h9-12,15H,3-8,13-14H2,1-2H3. The summed E-state index contributed by atoms with van der Waals surface area (Å²) in [6.45, 7) is 5.14. The molecule has 1 amide bonds. The molecule has 0 aliphatic carbocycles. The van der Waals surface area contributed by atoms with Crippen LogP contribution in [0.2, 0.25) is 0 Å². The van der Waals surface area contributed by atoms with Crippen molar-refractivity contribution < 1.29 is 14.1 Å². The van der Waals surface area contributed by atoms with Gasteiger partial charge in [-0.05, 0) is 56.9 Å². The van der Waals surface area contributed by atoms with Crippen LogP contribution in [-0.2, 0) is 11.2 Å². The van der Waals surface area contributed by atoms with Gasteiger partial charge in [0.05, 0.1) is 0 Å². The second-order valence-corrected chi connectivity index (χ2v) is 6.86. The highest BCUT2D eigenvalue weighted by Crippen LogP contribution is 2.21. The zero-order valence-corrected chi connectivity index (χ0v) is 15.6. The number of carbonyl (C=O) groups excluding carboxylic acids is 1. The Morgan fingerprint density at radius 1 is 1.31 bits per heavy atom. The van der Waals surface area contributed by atoms with Gasteiger partial charge in [0.2, 0.25) is 11.7 Å². The molecule has 0 radical (unpaired) electrons. The lowest BCUT2D eigenvalue weighted by atomic mass is 10.0. The number of hydrogen-bond acceptors (Lipinski definition) is 5. The minimum atomic E-state index is 0.0556. The predicted octanol–water partition coefficient (Wildman–Crippen LogP) is 3.86. The Labute approximate surface area is 154 Å². The topological polar surface area (TPSA) is 68.5 Å². The van der Waals surface area contributed by atoms with E-state index in [1.165, 1.54) is 6.42 Å². The van der Waals surface area contributed by atoms with Gasteiger partial charge >= 0.3 is 0 Å². The molecule has 1 saturated heterocycles. The summed E-state index contributed by atoms with van der Waals surface area (Å²) in [5.74, 6) is 1.98. The number of aryl methyl sites for hydroxylation is 1. The zero-order chi connectivity index (χ0) is 18.4. The van der Waals surface area contributed by atoms with Crippen molar-refractivity contribution in [2.75, 3.05) is 13.2 Å². The first-order valence-corrected chi connectivity index (χ1v) is 9.52. The summed E-state index contributed by atoms with van der Waals surface area (Å²) in [5.41, 5.74) is 0.875. The lowest BCUT2D eigenvalue weighted by molar-refractivity contribution is -0.136. The van der Waals surface area contributed by atoms with E-state index in [1.807, 2.05) is 29.2 Å². The summed E-state index contributed by atoms with van der Waals surface area (Å²) in [5, 5.41) is 4.03. The predicted molar refractivity (Wildman–Crippen MR) is 98.9 cm³/mol. The zero-order valence-electron chi connectivity index (χ0n) is 15.6. The van der Waals surface area contributed by atoms with E-state index in [4.69, 9.17) is 9.26 Å². The fourth-order valence-corrected chi connectivity index (χ4v) is 3.20. The summed E-state index contributed by atoms with van der Waals surface area (Å²) in [7, 11) is 0. The fourth-order valence-electron chi connectivity index (χ4n) is 3.20. The van der Waals surface area contributed by atoms with Crippen molar-refractivity contribution >= 4 is 5.91 Å². The van der Waals surface area contributed by atoms with E-state index in [9.17, 15) is 4.79 Å². The first-order valence-electron chi connectivity index (χ1n) is 9.52. The maximum absolute atomic E-state index is 12.3. The van der Waals surface area contributed by atoms with Gasteiger partial charge in [0, 0.05) is 24.6 Å². The van der Waals surface area contributed by atoms with Crippen LogP contribution in [0.15, 0.2) is 28.8 Å². The molecule has 2 aromatic rings. The molecule has 1 aliphatic heterocycles. The van der Waals surface area contributed by atoms with E-state index in [2.05, 4.69) is 24.0 Å². The number of piperidine rings is 1. The van der Waals surface area contributed by atoms with Gasteiger partial charge in [-0.1, -0.05) is 18.5 Å². The molecule has 1 unspecified atom stereocenters. The van der Waals surface area contributed by atoms with Gasteiger partial charge in [-0.15, -0.1) is 0 Å². The van der Waals surface area contributed by atoms with E-state index in [0.717, 1.165) is 44.2 Å². The molecule has 6 nitrogen and oxygen atoms in total. The molecule has 1 atom stereocenters. The summed E-state index contributed by atoms with van der Waals surface area (Å²) in [6.07, 6.45) is 6.29. The normalized spacial score (nSPS) is 17.3. The number of ether oxygens (including phenoxy) is 1. The SMILES string of the molecule is CCCCc1nc(-c2ccc(OCC(=O)N3CCCCC3C)cc2)no1.